The van der Waals surface area contributed by atoms with E-state index >= 15 is 0 Å². The average molecular weight is 731 g/mol. The minimum Gasteiger partial charge on any atom is -0.454 e. The maximum Gasteiger partial charge on any atom is 0.156 e. The number of aryl methyl sites for hydroxylation is 1. The first kappa shape index (κ1) is 33.0. The molecule has 0 aliphatic carbocycles. The molecular formula is C54H38N2O. The van der Waals surface area contributed by atoms with Gasteiger partial charge >= 0.3 is 0 Å². The Morgan fingerprint density at radius 1 is 0.579 bits per heavy atom. The molecule has 11 rings (SSSR count). The number of nitrogens with zero attached hydrogens (tertiary/aromatic N) is 2. The summed E-state index contributed by atoms with van der Waals surface area (Å²) in [6, 6.07) is 63.6. The van der Waals surface area contributed by atoms with Crippen LogP contribution in [-0.4, -0.2) is 4.57 Å². The summed E-state index contributed by atoms with van der Waals surface area (Å²) in [4.78, 5) is 2.45. The van der Waals surface area contributed by atoms with Crippen LogP contribution < -0.4 is 9.64 Å². The molecule has 9 aromatic rings. The molecule has 2 aliphatic heterocycles. The summed E-state index contributed by atoms with van der Waals surface area (Å²) in [5, 5.41) is 4.74. The van der Waals surface area contributed by atoms with Crippen LogP contribution >= 0.6 is 0 Å². The molecule has 8 aromatic carbocycles. The number of hydrogen-bond donors (Lipinski definition) is 0. The molecule has 1 aromatic heterocycles. The van der Waals surface area contributed by atoms with Gasteiger partial charge in [0.2, 0.25) is 0 Å². The molecule has 0 saturated heterocycles. The number of rotatable bonds is 5. The highest BCUT2D eigenvalue weighted by molar-refractivity contribution is 6.12. The van der Waals surface area contributed by atoms with E-state index in [-0.39, 0.29) is 0 Å². The third-order valence-electron chi connectivity index (χ3n) is 12.0. The van der Waals surface area contributed by atoms with Crippen LogP contribution in [-0.2, 0) is 5.41 Å². The third kappa shape index (κ3) is 4.79. The van der Waals surface area contributed by atoms with Gasteiger partial charge in [-0.3, -0.25) is 0 Å². The van der Waals surface area contributed by atoms with Crippen molar-refractivity contribution in [2.45, 2.75) is 12.3 Å². The number of para-hydroxylation sites is 5. The average Bonchev–Trinajstić information content (AvgIpc) is 3.59. The third-order valence-corrected chi connectivity index (χ3v) is 12.0. The molecule has 0 saturated carbocycles. The summed E-state index contributed by atoms with van der Waals surface area (Å²) in [7, 11) is 0. The quantitative estimate of drug-likeness (QED) is 0.164. The zero-order chi connectivity index (χ0) is 38.1. The van der Waals surface area contributed by atoms with Crippen molar-refractivity contribution < 1.29 is 4.74 Å². The Kier molecular flexibility index (Phi) is 7.45. The van der Waals surface area contributed by atoms with Crippen molar-refractivity contribution in [1.82, 2.24) is 4.57 Å². The van der Waals surface area contributed by atoms with Gasteiger partial charge in [-0.05, 0) is 88.0 Å². The molecule has 1 spiro atoms. The number of anilines is 3. The van der Waals surface area contributed by atoms with E-state index in [9.17, 15) is 0 Å². The molecule has 2 aliphatic rings. The van der Waals surface area contributed by atoms with Crippen molar-refractivity contribution in [3.05, 3.63) is 234 Å². The molecule has 0 N–H and O–H groups in total. The maximum absolute atomic E-state index is 7.24. The largest absolute Gasteiger partial charge is 0.454 e. The summed E-state index contributed by atoms with van der Waals surface area (Å²) in [5.41, 5.74) is 13.1. The highest BCUT2D eigenvalue weighted by Crippen LogP contribution is 2.64. The molecule has 0 bridgehead atoms. The van der Waals surface area contributed by atoms with Gasteiger partial charge in [0.25, 0.3) is 0 Å². The number of benzene rings is 8. The minimum absolute atomic E-state index is 0.672. The standard InChI is InChI=1S/C54H38N2O/c1-3-16-37(40-30-29-38-18-5-6-19-39(38)35-40)33-34-55-48-25-12-7-20-41(48)42-31-32-46-53(52(42)55)57-51-28-15-10-23-45(51)54(46)43-21-8-13-26-49(43)56(47-24-11-4-17-36(47)2)50-27-14-9-22-44(50)54/h3-35H,1H2,2H3/b34-33-,37-16+. The molecule has 0 fully saturated rings. The molecule has 0 radical (unpaired) electrons. The Labute approximate surface area is 332 Å². The van der Waals surface area contributed by atoms with Crippen LogP contribution in [0.2, 0.25) is 0 Å². The highest BCUT2D eigenvalue weighted by Gasteiger charge is 2.51. The SMILES string of the molecule is C=C/C=C(\C=C/n1c2ccccc2c2ccc3c(c21)Oc1ccccc1C31c2ccccc2N(c2ccccc2C)c2ccccc21)c1ccc2ccccc2c1. The normalized spacial score (nSPS) is 14.1. The van der Waals surface area contributed by atoms with Gasteiger partial charge in [0.15, 0.2) is 5.75 Å². The number of allylic oxidation sites excluding steroid dienone is 4. The summed E-state index contributed by atoms with van der Waals surface area (Å²) >= 11 is 0. The fourth-order valence-corrected chi connectivity index (χ4v) is 9.53. The summed E-state index contributed by atoms with van der Waals surface area (Å²) in [5.74, 6) is 1.72. The van der Waals surface area contributed by atoms with Crippen molar-refractivity contribution >= 4 is 61.4 Å². The molecular weight excluding hydrogens is 693 g/mol. The lowest BCUT2D eigenvalue weighted by atomic mass is 9.61. The van der Waals surface area contributed by atoms with Crippen molar-refractivity contribution in [3.8, 4) is 11.5 Å². The minimum atomic E-state index is -0.672. The van der Waals surface area contributed by atoms with Crippen molar-refractivity contribution in [3.63, 3.8) is 0 Å². The number of hydrogen-bond acceptors (Lipinski definition) is 2. The van der Waals surface area contributed by atoms with Crippen molar-refractivity contribution in [1.29, 1.82) is 0 Å². The fourth-order valence-electron chi connectivity index (χ4n) is 9.53. The van der Waals surface area contributed by atoms with Crippen LogP contribution in [0.1, 0.15) is 33.4 Å². The molecule has 0 amide bonds. The predicted octanol–water partition coefficient (Wildman–Crippen LogP) is 14.3. The monoisotopic (exact) mass is 730 g/mol. The molecule has 3 nitrogen and oxygen atoms in total. The first-order valence-electron chi connectivity index (χ1n) is 19.5. The number of ether oxygens (including phenoxy) is 1. The second-order valence-electron chi connectivity index (χ2n) is 15.0. The van der Waals surface area contributed by atoms with Gasteiger partial charge in [0.05, 0.1) is 27.8 Å². The smallest absolute Gasteiger partial charge is 0.156 e. The lowest BCUT2D eigenvalue weighted by Gasteiger charge is -2.48. The van der Waals surface area contributed by atoms with E-state index in [4.69, 9.17) is 4.74 Å². The molecule has 270 valence electrons. The maximum atomic E-state index is 7.24. The van der Waals surface area contributed by atoms with Gasteiger partial charge in [-0.15, -0.1) is 0 Å². The predicted molar refractivity (Wildman–Crippen MR) is 238 cm³/mol. The second-order valence-corrected chi connectivity index (χ2v) is 15.0. The van der Waals surface area contributed by atoms with E-state index in [1.54, 1.807) is 0 Å². The van der Waals surface area contributed by atoms with Gasteiger partial charge in [-0.2, -0.15) is 0 Å². The van der Waals surface area contributed by atoms with E-state index < -0.39 is 5.41 Å². The molecule has 3 heteroatoms. The lowest BCUT2D eigenvalue weighted by Crippen LogP contribution is -2.39. The van der Waals surface area contributed by atoms with Gasteiger partial charge in [0.1, 0.15) is 5.75 Å². The zero-order valence-corrected chi connectivity index (χ0v) is 31.6. The van der Waals surface area contributed by atoms with Crippen LogP contribution in [0.15, 0.2) is 201 Å². The number of aromatic nitrogens is 1. The zero-order valence-electron chi connectivity index (χ0n) is 31.6. The van der Waals surface area contributed by atoms with Gasteiger partial charge in [-0.25, -0.2) is 0 Å². The van der Waals surface area contributed by atoms with E-state index in [0.717, 1.165) is 61.6 Å². The molecule has 0 atom stereocenters. The summed E-state index contributed by atoms with van der Waals surface area (Å²) < 4.78 is 9.56. The van der Waals surface area contributed by atoms with Crippen LogP contribution in [0.3, 0.4) is 0 Å². The highest BCUT2D eigenvalue weighted by atomic mass is 16.5. The number of fused-ring (bicyclic) bond motifs is 13. The van der Waals surface area contributed by atoms with E-state index in [2.05, 4.69) is 217 Å². The Morgan fingerprint density at radius 2 is 1.23 bits per heavy atom. The van der Waals surface area contributed by atoms with Crippen LogP contribution in [0.5, 0.6) is 11.5 Å². The first-order chi connectivity index (χ1) is 28.2. The summed E-state index contributed by atoms with van der Waals surface area (Å²) in [6.45, 7) is 6.28. The Balaban J connectivity index is 1.21. The van der Waals surface area contributed by atoms with Crippen LogP contribution in [0.4, 0.5) is 17.1 Å². The topological polar surface area (TPSA) is 17.4 Å². The van der Waals surface area contributed by atoms with Crippen molar-refractivity contribution in [2.75, 3.05) is 4.90 Å². The van der Waals surface area contributed by atoms with Gasteiger partial charge in [-0.1, -0.05) is 158 Å². The second kappa shape index (κ2) is 12.9. The summed E-state index contributed by atoms with van der Waals surface area (Å²) in [6.07, 6.45) is 8.36. The molecule has 0 unspecified atom stereocenters. The Morgan fingerprint density at radius 3 is 2.00 bits per heavy atom. The first-order valence-corrected chi connectivity index (χ1v) is 19.5. The van der Waals surface area contributed by atoms with E-state index in [1.807, 2.05) is 6.08 Å². The molecule has 3 heterocycles. The Bertz CT molecular complexity index is 3110. The Hall–Kier alpha value is -7.36. The van der Waals surface area contributed by atoms with Gasteiger partial charge < -0.3 is 14.2 Å². The van der Waals surface area contributed by atoms with Crippen LogP contribution in [0.25, 0.3) is 44.4 Å². The molecule has 57 heavy (non-hydrogen) atoms. The fraction of sp³-hybridized carbons (Fsp3) is 0.0370. The van der Waals surface area contributed by atoms with Crippen molar-refractivity contribution in [2.24, 2.45) is 0 Å². The van der Waals surface area contributed by atoms with E-state index in [0.29, 0.717) is 0 Å². The van der Waals surface area contributed by atoms with Gasteiger partial charge in [0, 0.05) is 33.8 Å². The lowest BCUT2D eigenvalue weighted by molar-refractivity contribution is 0.438. The van der Waals surface area contributed by atoms with E-state index in [1.165, 1.54) is 38.5 Å². The van der Waals surface area contributed by atoms with Crippen LogP contribution in [0, 0.1) is 6.92 Å².